The zero-order valence-corrected chi connectivity index (χ0v) is 8.15. The van der Waals surface area contributed by atoms with Crippen LogP contribution in [-0.2, 0) is 0 Å². The van der Waals surface area contributed by atoms with E-state index in [0.717, 1.165) is 0 Å². The number of hydrogen-bond donors (Lipinski definition) is 1. The molecule has 0 saturated carbocycles. The van der Waals surface area contributed by atoms with E-state index < -0.39 is 0 Å². The van der Waals surface area contributed by atoms with Crippen LogP contribution in [0.3, 0.4) is 0 Å². The van der Waals surface area contributed by atoms with Crippen LogP contribution in [0.5, 0.6) is 0 Å². The van der Waals surface area contributed by atoms with E-state index in [-0.39, 0.29) is 6.84 Å². The van der Waals surface area contributed by atoms with Gasteiger partial charge in [0.2, 0.25) is 0 Å². The predicted molar refractivity (Wildman–Crippen MR) is 50.9 cm³/mol. The van der Waals surface area contributed by atoms with Gasteiger partial charge in [-0.15, -0.1) is 0 Å². The third-order valence-electron chi connectivity index (χ3n) is 1.43. The molecule has 0 aliphatic heterocycles. The third kappa shape index (κ3) is 5.67. The summed E-state index contributed by atoms with van der Waals surface area (Å²) in [6, 6.07) is 0. The van der Waals surface area contributed by atoms with Gasteiger partial charge in [-0.1, -0.05) is 40.2 Å². The van der Waals surface area contributed by atoms with Crippen molar-refractivity contribution < 1.29 is 1.43 Å². The molecule has 0 aromatic heterocycles. The van der Waals surface area contributed by atoms with E-state index >= 15 is 0 Å². The molecule has 0 aliphatic carbocycles. The first-order valence-electron chi connectivity index (χ1n) is 3.87. The molecule has 0 rings (SSSR count). The van der Waals surface area contributed by atoms with Gasteiger partial charge < -0.3 is 5.73 Å². The molecule has 0 aliphatic rings. The quantitative estimate of drug-likeness (QED) is 0.559. The standard InChI is InChI=1S/C7H15N.C2H6.H2/c1-6(5-8)7(2,3)4;1-2;/h5H,8H2,1-4H3;1-2H3;1H/b6-5+;;/i;;1+2. The van der Waals surface area contributed by atoms with Crippen LogP contribution in [-0.4, -0.2) is 0 Å². The summed E-state index contributed by atoms with van der Waals surface area (Å²) >= 11 is 0. The molecule has 0 amide bonds. The van der Waals surface area contributed by atoms with Gasteiger partial charge in [0.15, 0.2) is 0 Å². The van der Waals surface area contributed by atoms with Crippen molar-refractivity contribution in [3.63, 3.8) is 0 Å². The van der Waals surface area contributed by atoms with Crippen LogP contribution in [0.1, 0.15) is 43.0 Å². The van der Waals surface area contributed by atoms with E-state index in [2.05, 4.69) is 20.8 Å². The van der Waals surface area contributed by atoms with Crippen molar-refractivity contribution in [1.29, 1.82) is 0 Å². The summed E-state index contributed by atoms with van der Waals surface area (Å²) in [5.41, 5.74) is 6.77. The molecule has 0 radical (unpaired) electrons. The summed E-state index contributed by atoms with van der Waals surface area (Å²) in [5, 5.41) is 0. The van der Waals surface area contributed by atoms with E-state index in [1.54, 1.807) is 6.20 Å². The van der Waals surface area contributed by atoms with Crippen molar-refractivity contribution in [2.75, 3.05) is 0 Å². The molecule has 0 aromatic rings. The fourth-order valence-corrected chi connectivity index (χ4v) is 0.250. The maximum Gasteiger partial charge on any atom is 0 e. The number of hydrogen-bond acceptors (Lipinski definition) is 1. The first kappa shape index (κ1) is 12.2. The second-order valence-electron chi connectivity index (χ2n) is 3.10. The average Bonchev–Trinajstić information content (AvgIpc) is 1.89. The highest BCUT2D eigenvalue weighted by atomic mass is 14.5. The summed E-state index contributed by atoms with van der Waals surface area (Å²) < 4.78 is 0. The minimum atomic E-state index is 0. The topological polar surface area (TPSA) is 26.0 Å². The Labute approximate surface area is 66.8 Å². The van der Waals surface area contributed by atoms with Crippen molar-refractivity contribution in [3.05, 3.63) is 11.8 Å². The van der Waals surface area contributed by atoms with Crippen LogP contribution in [0.25, 0.3) is 0 Å². The maximum absolute atomic E-state index is 5.30. The molecule has 1 nitrogen and oxygen atoms in total. The van der Waals surface area contributed by atoms with E-state index in [4.69, 9.17) is 5.73 Å². The van der Waals surface area contributed by atoms with Crippen molar-refractivity contribution in [2.45, 2.75) is 41.5 Å². The molecule has 0 fully saturated rings. The monoisotopic (exact) mass is 147 g/mol. The number of allylic oxidation sites excluding steroid dienone is 1. The van der Waals surface area contributed by atoms with E-state index in [9.17, 15) is 0 Å². The lowest BCUT2D eigenvalue weighted by atomic mass is 9.88. The lowest BCUT2D eigenvalue weighted by Crippen LogP contribution is -2.07. The van der Waals surface area contributed by atoms with Crippen molar-refractivity contribution >= 4 is 0 Å². The second kappa shape index (κ2) is 5.33. The number of nitrogens with two attached hydrogens (primary N) is 1. The molecule has 0 aromatic carbocycles. The lowest BCUT2D eigenvalue weighted by molar-refractivity contribution is 0.502. The maximum atomic E-state index is 5.30. The molecule has 0 heterocycles. The van der Waals surface area contributed by atoms with Crippen LogP contribution in [0.4, 0.5) is 0 Å². The van der Waals surface area contributed by atoms with E-state index in [0.29, 0.717) is 0 Å². The first-order chi connectivity index (χ1) is 4.48. The van der Waals surface area contributed by atoms with Crippen molar-refractivity contribution in [2.24, 2.45) is 11.1 Å². The SMILES string of the molecule is C/C(=C\N)C(C)(C)C.CC.[3HH]. The van der Waals surface area contributed by atoms with Crippen LogP contribution >= 0.6 is 0 Å². The van der Waals surface area contributed by atoms with Gasteiger partial charge in [-0.3, -0.25) is 0 Å². The Hall–Kier alpha value is -0.460. The Bertz CT molecular complexity index is 101. The molecular formula is C9H23N. The van der Waals surface area contributed by atoms with E-state index in [1.807, 2.05) is 20.8 Å². The molecule has 1 heteroatoms. The Morgan fingerprint density at radius 3 is 1.60 bits per heavy atom. The molecule has 0 spiro atoms. The van der Waals surface area contributed by atoms with Gasteiger partial charge in [-0.05, 0) is 18.5 Å². The summed E-state index contributed by atoms with van der Waals surface area (Å²) in [4.78, 5) is 0. The largest absolute Gasteiger partial charge is 0.405 e. The van der Waals surface area contributed by atoms with Crippen LogP contribution < -0.4 is 5.73 Å². The highest BCUT2D eigenvalue weighted by Crippen LogP contribution is 2.22. The lowest BCUT2D eigenvalue weighted by Gasteiger charge is -2.17. The van der Waals surface area contributed by atoms with Crippen LogP contribution in [0.15, 0.2) is 11.8 Å². The summed E-state index contributed by atoms with van der Waals surface area (Å²) in [6.45, 7) is 12.5. The van der Waals surface area contributed by atoms with Gasteiger partial charge in [-0.25, -0.2) is 0 Å². The number of rotatable bonds is 0. The molecule has 0 atom stereocenters. The minimum Gasteiger partial charge on any atom is -0.405 e. The smallest absolute Gasteiger partial charge is 0 e. The highest BCUT2D eigenvalue weighted by molar-refractivity contribution is 5.04. The van der Waals surface area contributed by atoms with Gasteiger partial charge in [0, 0.05) is 1.43 Å². The fourth-order valence-electron chi connectivity index (χ4n) is 0.250. The van der Waals surface area contributed by atoms with Gasteiger partial charge >= 0.3 is 0 Å². The Balaban J connectivity index is -0.000000196. The first-order valence-corrected chi connectivity index (χ1v) is 3.87. The average molecular weight is 147 g/mol. The molecule has 2 N–H and O–H groups in total. The zero-order chi connectivity index (χ0) is 8.78. The normalized spacial score (nSPS) is 12.0. The Kier molecular flexibility index (Phi) is 6.53. The molecule has 10 heavy (non-hydrogen) atoms. The predicted octanol–water partition coefficient (Wildman–Crippen LogP) is 3.17. The van der Waals surface area contributed by atoms with Crippen molar-refractivity contribution in [1.82, 2.24) is 0 Å². The van der Waals surface area contributed by atoms with Gasteiger partial charge in [0.25, 0.3) is 0 Å². The molecule has 0 unspecified atom stereocenters. The van der Waals surface area contributed by atoms with Gasteiger partial charge in [-0.2, -0.15) is 0 Å². The van der Waals surface area contributed by atoms with Crippen molar-refractivity contribution in [3.8, 4) is 0 Å². The Morgan fingerprint density at radius 1 is 1.30 bits per heavy atom. The molecule has 0 saturated heterocycles. The third-order valence-corrected chi connectivity index (χ3v) is 1.43. The fraction of sp³-hybridized carbons (Fsp3) is 0.778. The summed E-state index contributed by atoms with van der Waals surface area (Å²) in [6.07, 6.45) is 1.67. The molecule has 64 valence electrons. The molecule has 0 bridgehead atoms. The zero-order valence-electron chi connectivity index (χ0n) is 8.15. The van der Waals surface area contributed by atoms with Gasteiger partial charge in [0.05, 0.1) is 0 Å². The highest BCUT2D eigenvalue weighted by Gasteiger charge is 2.10. The second-order valence-corrected chi connectivity index (χ2v) is 3.10. The van der Waals surface area contributed by atoms with Crippen LogP contribution in [0, 0.1) is 5.41 Å². The minimum absolute atomic E-state index is 0. The van der Waals surface area contributed by atoms with E-state index in [1.165, 1.54) is 5.57 Å². The summed E-state index contributed by atoms with van der Waals surface area (Å²) in [5.74, 6) is 0. The molecular weight excluding hydrogens is 122 g/mol. The van der Waals surface area contributed by atoms with Gasteiger partial charge in [0.1, 0.15) is 0 Å². The summed E-state index contributed by atoms with van der Waals surface area (Å²) in [7, 11) is 0. The Morgan fingerprint density at radius 2 is 1.60 bits per heavy atom. The van der Waals surface area contributed by atoms with Crippen LogP contribution in [0.2, 0.25) is 0 Å².